The van der Waals surface area contributed by atoms with E-state index in [4.69, 9.17) is 0 Å². The molecular formula is C16H12N3S+. The van der Waals surface area contributed by atoms with Crippen LogP contribution in [0.25, 0.3) is 25.9 Å². The van der Waals surface area contributed by atoms with E-state index in [0.29, 0.717) is 6.04 Å². The summed E-state index contributed by atoms with van der Waals surface area (Å²) in [5.74, 6) is 0. The topological polar surface area (TPSA) is 21.7 Å². The van der Waals surface area contributed by atoms with Gasteiger partial charge in [-0.1, -0.05) is 18.2 Å². The molecule has 0 aliphatic carbocycles. The smallest absolute Gasteiger partial charge is 0.135 e. The number of hydrogen-bond donors (Lipinski definition) is 0. The first-order valence-electron chi connectivity index (χ1n) is 6.74. The summed E-state index contributed by atoms with van der Waals surface area (Å²) in [5, 5.41) is 7.13. The Morgan fingerprint density at radius 2 is 2.05 bits per heavy atom. The highest BCUT2D eigenvalue weighted by Gasteiger charge is 2.32. The molecule has 0 N–H and O–H groups in total. The summed E-state index contributed by atoms with van der Waals surface area (Å²) in [6.45, 7) is 2.20. The highest BCUT2D eigenvalue weighted by Crippen LogP contribution is 2.38. The first-order valence-corrected chi connectivity index (χ1v) is 7.55. The molecule has 0 radical (unpaired) electrons. The summed E-state index contributed by atoms with van der Waals surface area (Å²) in [6, 6.07) is 13.6. The average molecular weight is 278 g/mol. The van der Waals surface area contributed by atoms with Crippen molar-refractivity contribution in [3.63, 3.8) is 0 Å². The fourth-order valence-electron chi connectivity index (χ4n) is 3.20. The number of hydrogen-bond acceptors (Lipinski definition) is 2. The second-order valence-electron chi connectivity index (χ2n) is 5.26. The van der Waals surface area contributed by atoms with Crippen LogP contribution in [0.15, 0.2) is 48.8 Å². The Morgan fingerprint density at radius 3 is 3.00 bits per heavy atom. The van der Waals surface area contributed by atoms with Crippen molar-refractivity contribution in [2.45, 2.75) is 13.0 Å². The van der Waals surface area contributed by atoms with Gasteiger partial charge in [0.05, 0.1) is 0 Å². The van der Waals surface area contributed by atoms with E-state index in [1.807, 2.05) is 28.5 Å². The predicted octanol–water partition coefficient (Wildman–Crippen LogP) is 3.45. The number of benzene rings is 2. The monoisotopic (exact) mass is 278 g/mol. The van der Waals surface area contributed by atoms with Crippen LogP contribution in [0.1, 0.15) is 18.5 Å². The van der Waals surface area contributed by atoms with Crippen LogP contribution in [0.3, 0.4) is 0 Å². The van der Waals surface area contributed by atoms with Crippen molar-refractivity contribution in [1.29, 1.82) is 0 Å². The molecule has 0 amide bonds. The third kappa shape index (κ3) is 1.15. The Hall–Kier alpha value is -2.20. The van der Waals surface area contributed by atoms with Gasteiger partial charge in [0.2, 0.25) is 6.20 Å². The second-order valence-corrected chi connectivity index (χ2v) is 6.34. The number of fused-ring (bicyclic) bond motifs is 6. The third-order valence-corrected chi connectivity index (χ3v) is 5.32. The van der Waals surface area contributed by atoms with Crippen molar-refractivity contribution in [3.05, 3.63) is 54.4 Å². The van der Waals surface area contributed by atoms with Crippen molar-refractivity contribution < 1.29 is 4.68 Å². The van der Waals surface area contributed by atoms with E-state index in [0.717, 1.165) is 0 Å². The maximum atomic E-state index is 4.41. The number of rotatable bonds is 0. The standard InChI is InChI=1S/C16H12N3S/c1-10-12-8-13-11-4-2-3-5-15(11)20-16(13)9-14(12)18-7-6-17-19(10)18/h2-10H,1H3/q+1. The maximum Gasteiger partial charge on any atom is 0.206 e. The Balaban J connectivity index is 1.94. The lowest BCUT2D eigenvalue weighted by molar-refractivity contribution is -0.682. The molecule has 0 bridgehead atoms. The average Bonchev–Trinajstić information content (AvgIpc) is 3.13. The van der Waals surface area contributed by atoms with Gasteiger partial charge >= 0.3 is 0 Å². The van der Waals surface area contributed by atoms with Gasteiger partial charge < -0.3 is 0 Å². The molecule has 0 spiro atoms. The molecule has 0 saturated heterocycles. The summed E-state index contributed by atoms with van der Waals surface area (Å²) < 4.78 is 4.85. The first kappa shape index (κ1) is 10.6. The van der Waals surface area contributed by atoms with Crippen LogP contribution in [0.4, 0.5) is 0 Å². The lowest BCUT2D eigenvalue weighted by Crippen LogP contribution is -2.36. The Bertz CT molecular complexity index is 980. The molecule has 4 heteroatoms. The normalized spacial score (nSPS) is 16.8. The number of nitrogens with zero attached hydrogens (tertiary/aromatic N) is 3. The highest BCUT2D eigenvalue weighted by molar-refractivity contribution is 7.25. The van der Waals surface area contributed by atoms with Crippen LogP contribution < -0.4 is 4.68 Å². The van der Waals surface area contributed by atoms with Crippen molar-refractivity contribution in [3.8, 4) is 5.69 Å². The van der Waals surface area contributed by atoms with E-state index in [2.05, 4.69) is 53.1 Å². The Labute approximate surface area is 119 Å². The Kier molecular flexibility index (Phi) is 1.83. The quantitative estimate of drug-likeness (QED) is 0.451. The SMILES string of the molecule is CC1c2cc3c(cc2-[n+]2ccnn21)sc1ccccc13. The van der Waals surface area contributed by atoms with Gasteiger partial charge in [-0.2, -0.15) is 0 Å². The molecule has 5 rings (SSSR count). The largest absolute Gasteiger partial charge is 0.206 e. The molecule has 3 nitrogen and oxygen atoms in total. The second kappa shape index (κ2) is 3.46. The van der Waals surface area contributed by atoms with Gasteiger partial charge in [0.1, 0.15) is 6.04 Å². The van der Waals surface area contributed by atoms with Crippen molar-refractivity contribution in [2.75, 3.05) is 0 Å². The molecule has 20 heavy (non-hydrogen) atoms. The van der Waals surface area contributed by atoms with Gasteiger partial charge in [-0.15, -0.1) is 16.0 Å². The molecule has 0 saturated carbocycles. The fourth-order valence-corrected chi connectivity index (χ4v) is 4.32. The summed E-state index contributed by atoms with van der Waals surface area (Å²) in [7, 11) is 0. The summed E-state index contributed by atoms with van der Waals surface area (Å²) in [6.07, 6.45) is 3.88. The zero-order valence-corrected chi connectivity index (χ0v) is 11.8. The van der Waals surface area contributed by atoms with Gasteiger partial charge in [-0.3, -0.25) is 0 Å². The maximum absolute atomic E-state index is 4.41. The molecule has 0 fully saturated rings. The molecule has 4 aromatic rings. The molecule has 1 atom stereocenters. The molecule has 96 valence electrons. The lowest BCUT2D eigenvalue weighted by Gasteiger charge is -2.00. The minimum Gasteiger partial charge on any atom is -0.135 e. The van der Waals surface area contributed by atoms with E-state index in [1.54, 1.807) is 0 Å². The van der Waals surface area contributed by atoms with Crippen molar-refractivity contribution in [2.24, 2.45) is 0 Å². The first-order chi connectivity index (χ1) is 9.83. The van der Waals surface area contributed by atoms with Crippen LogP contribution in [0.5, 0.6) is 0 Å². The summed E-state index contributed by atoms with van der Waals surface area (Å²) >= 11 is 1.86. The van der Waals surface area contributed by atoms with E-state index in [1.165, 1.54) is 31.4 Å². The van der Waals surface area contributed by atoms with Crippen LogP contribution in [0, 0.1) is 0 Å². The van der Waals surface area contributed by atoms with Gasteiger partial charge in [0.25, 0.3) is 0 Å². The zero-order chi connectivity index (χ0) is 13.3. The predicted molar refractivity (Wildman–Crippen MR) is 80.5 cm³/mol. The minimum atomic E-state index is 0.295. The molecule has 1 unspecified atom stereocenters. The van der Waals surface area contributed by atoms with Crippen LogP contribution in [-0.4, -0.2) is 9.90 Å². The summed E-state index contributed by atoms with van der Waals surface area (Å²) in [5.41, 5.74) is 2.61. The van der Waals surface area contributed by atoms with Gasteiger partial charge in [0.15, 0.2) is 11.9 Å². The van der Waals surface area contributed by atoms with Crippen LogP contribution >= 0.6 is 11.3 Å². The molecule has 1 aliphatic heterocycles. The van der Waals surface area contributed by atoms with Gasteiger partial charge in [-0.25, -0.2) is 0 Å². The molecule has 3 heterocycles. The van der Waals surface area contributed by atoms with E-state index < -0.39 is 0 Å². The van der Waals surface area contributed by atoms with Crippen molar-refractivity contribution >= 4 is 31.5 Å². The number of aromatic nitrogens is 3. The summed E-state index contributed by atoms with van der Waals surface area (Å²) in [4.78, 5) is 2.04. The molecule has 1 aliphatic rings. The van der Waals surface area contributed by atoms with Crippen LogP contribution in [-0.2, 0) is 0 Å². The van der Waals surface area contributed by atoms with Gasteiger partial charge in [-0.05, 0) is 23.9 Å². The van der Waals surface area contributed by atoms with Crippen molar-refractivity contribution in [1.82, 2.24) is 9.90 Å². The van der Waals surface area contributed by atoms with E-state index >= 15 is 0 Å². The van der Waals surface area contributed by atoms with E-state index in [-0.39, 0.29) is 0 Å². The Morgan fingerprint density at radius 1 is 1.15 bits per heavy atom. The van der Waals surface area contributed by atoms with Crippen LogP contribution in [0.2, 0.25) is 0 Å². The van der Waals surface area contributed by atoms with Gasteiger partial charge in [0, 0.05) is 36.9 Å². The fraction of sp³-hybridized carbons (Fsp3) is 0.125. The highest BCUT2D eigenvalue weighted by atomic mass is 32.1. The minimum absolute atomic E-state index is 0.295. The molecule has 2 aromatic carbocycles. The lowest BCUT2D eigenvalue weighted by atomic mass is 10.0. The zero-order valence-electron chi connectivity index (χ0n) is 10.9. The molecule has 2 aromatic heterocycles. The third-order valence-electron chi connectivity index (χ3n) is 4.18. The number of thiophene rings is 1. The molecular weight excluding hydrogens is 266 g/mol. The van der Waals surface area contributed by atoms with E-state index in [9.17, 15) is 0 Å².